The Bertz CT molecular complexity index is 984. The average Bonchev–Trinajstić information content (AvgIpc) is 2.73. The van der Waals surface area contributed by atoms with Gasteiger partial charge in [-0.1, -0.05) is 42.5 Å². The molecule has 3 nitrogen and oxygen atoms in total. The van der Waals surface area contributed by atoms with E-state index < -0.39 is 0 Å². The molecule has 134 valence electrons. The van der Waals surface area contributed by atoms with Crippen molar-refractivity contribution in [1.82, 2.24) is 14.9 Å². The van der Waals surface area contributed by atoms with E-state index in [0.29, 0.717) is 0 Å². The van der Waals surface area contributed by atoms with Gasteiger partial charge in [0.25, 0.3) is 0 Å². The van der Waals surface area contributed by atoms with E-state index in [2.05, 4.69) is 81.6 Å². The van der Waals surface area contributed by atoms with Crippen molar-refractivity contribution in [3.8, 4) is 0 Å². The molecule has 0 aliphatic heterocycles. The molecule has 2 aromatic carbocycles. The maximum Gasteiger partial charge on any atom is 0.0702 e. The summed E-state index contributed by atoms with van der Waals surface area (Å²) in [5, 5.41) is 1.20. The molecule has 0 unspecified atom stereocenters. The summed E-state index contributed by atoms with van der Waals surface area (Å²) in [6.45, 7) is 2.85. The lowest BCUT2D eigenvalue weighted by molar-refractivity contribution is 0.260. The molecule has 0 N–H and O–H groups in total. The summed E-state index contributed by atoms with van der Waals surface area (Å²) < 4.78 is 0. The van der Waals surface area contributed by atoms with Crippen molar-refractivity contribution in [1.29, 1.82) is 0 Å². The van der Waals surface area contributed by atoms with E-state index in [9.17, 15) is 0 Å². The lowest BCUT2D eigenvalue weighted by Gasteiger charge is -2.23. The Morgan fingerprint density at radius 2 is 1.48 bits per heavy atom. The third-order valence-corrected chi connectivity index (χ3v) is 4.79. The largest absolute Gasteiger partial charge is 0.295 e. The summed E-state index contributed by atoms with van der Waals surface area (Å²) in [6.07, 6.45) is 6.62. The second-order valence-corrected chi connectivity index (χ2v) is 6.83. The molecule has 0 spiro atoms. The monoisotopic (exact) mass is 353 g/mol. The molecule has 27 heavy (non-hydrogen) atoms. The molecule has 0 aliphatic carbocycles. The maximum absolute atomic E-state index is 4.42. The lowest BCUT2D eigenvalue weighted by Crippen LogP contribution is -2.25. The minimum absolute atomic E-state index is 0.917. The van der Waals surface area contributed by atoms with Crippen LogP contribution in [0.2, 0.25) is 0 Å². The van der Waals surface area contributed by atoms with Crippen molar-refractivity contribution in [3.05, 3.63) is 108 Å². The summed E-state index contributed by atoms with van der Waals surface area (Å²) in [4.78, 5) is 11.1. The van der Waals surface area contributed by atoms with Crippen molar-refractivity contribution < 1.29 is 0 Å². The van der Waals surface area contributed by atoms with Crippen LogP contribution in [0.3, 0.4) is 0 Å². The number of aromatic nitrogens is 2. The number of fused-ring (bicyclic) bond motifs is 1. The molecule has 0 aliphatic rings. The van der Waals surface area contributed by atoms with E-state index in [4.69, 9.17) is 0 Å². The van der Waals surface area contributed by atoms with Crippen LogP contribution < -0.4 is 0 Å². The quantitative estimate of drug-likeness (QED) is 0.474. The van der Waals surface area contributed by atoms with Gasteiger partial charge in [0, 0.05) is 43.6 Å². The Hall–Kier alpha value is -3.04. The highest BCUT2D eigenvalue weighted by Crippen LogP contribution is 2.16. The Kier molecular flexibility index (Phi) is 5.51. The maximum atomic E-state index is 4.42. The predicted octanol–water partition coefficient (Wildman–Crippen LogP) is 4.87. The molecule has 0 amide bonds. The predicted molar refractivity (Wildman–Crippen MR) is 110 cm³/mol. The van der Waals surface area contributed by atoms with Crippen LogP contribution >= 0.6 is 0 Å². The number of hydrogen-bond acceptors (Lipinski definition) is 3. The van der Waals surface area contributed by atoms with Crippen LogP contribution in [0.5, 0.6) is 0 Å². The molecule has 0 saturated heterocycles. The standard InChI is InChI=1S/C24H23N3/c1-2-5-20(6-3-1)12-16-27(18-21-10-14-25-15-11-21)19-22-8-9-24-23(17-22)7-4-13-26-24/h1-11,13-15,17H,12,16,18-19H2. The minimum atomic E-state index is 0.917. The van der Waals surface area contributed by atoms with Gasteiger partial charge in [0.05, 0.1) is 5.52 Å². The summed E-state index contributed by atoms with van der Waals surface area (Å²) in [7, 11) is 0. The van der Waals surface area contributed by atoms with Crippen LogP contribution in [0, 0.1) is 0 Å². The molecule has 4 aromatic rings. The van der Waals surface area contributed by atoms with Gasteiger partial charge in [-0.2, -0.15) is 0 Å². The van der Waals surface area contributed by atoms with Crippen molar-refractivity contribution in [2.75, 3.05) is 6.54 Å². The first kappa shape index (κ1) is 17.4. The van der Waals surface area contributed by atoms with E-state index >= 15 is 0 Å². The van der Waals surface area contributed by atoms with Gasteiger partial charge in [0.15, 0.2) is 0 Å². The summed E-state index contributed by atoms with van der Waals surface area (Å²) in [6, 6.07) is 25.6. The molecule has 3 heteroatoms. The number of hydrogen-bond donors (Lipinski definition) is 0. The minimum Gasteiger partial charge on any atom is -0.295 e. The Balaban J connectivity index is 1.52. The van der Waals surface area contributed by atoms with Crippen molar-refractivity contribution >= 4 is 10.9 Å². The highest BCUT2D eigenvalue weighted by molar-refractivity contribution is 5.78. The third kappa shape index (κ3) is 4.78. The van der Waals surface area contributed by atoms with Crippen molar-refractivity contribution in [2.24, 2.45) is 0 Å². The van der Waals surface area contributed by atoms with Gasteiger partial charge in [-0.05, 0) is 53.4 Å². The van der Waals surface area contributed by atoms with Crippen LogP contribution in [-0.2, 0) is 19.5 Å². The van der Waals surface area contributed by atoms with Crippen LogP contribution in [0.4, 0.5) is 0 Å². The Morgan fingerprint density at radius 3 is 2.33 bits per heavy atom. The lowest BCUT2D eigenvalue weighted by atomic mass is 10.1. The second-order valence-electron chi connectivity index (χ2n) is 6.83. The first-order valence-corrected chi connectivity index (χ1v) is 9.36. The van der Waals surface area contributed by atoms with Gasteiger partial charge in [-0.15, -0.1) is 0 Å². The summed E-state index contributed by atoms with van der Waals surface area (Å²) >= 11 is 0. The van der Waals surface area contributed by atoms with Gasteiger partial charge in [-0.25, -0.2) is 0 Å². The zero-order chi connectivity index (χ0) is 18.3. The van der Waals surface area contributed by atoms with Crippen LogP contribution in [0.25, 0.3) is 10.9 Å². The van der Waals surface area contributed by atoms with E-state index in [1.807, 2.05) is 24.7 Å². The summed E-state index contributed by atoms with van der Waals surface area (Å²) in [5.41, 5.74) is 5.03. The van der Waals surface area contributed by atoms with Gasteiger partial charge >= 0.3 is 0 Å². The second kappa shape index (κ2) is 8.56. The Labute approximate surface area is 160 Å². The van der Waals surface area contributed by atoms with E-state index in [0.717, 1.165) is 31.6 Å². The van der Waals surface area contributed by atoms with E-state index in [-0.39, 0.29) is 0 Å². The van der Waals surface area contributed by atoms with Gasteiger partial charge in [-0.3, -0.25) is 14.9 Å². The van der Waals surface area contributed by atoms with Crippen molar-refractivity contribution in [2.45, 2.75) is 19.5 Å². The zero-order valence-corrected chi connectivity index (χ0v) is 15.3. The fourth-order valence-corrected chi connectivity index (χ4v) is 3.37. The third-order valence-electron chi connectivity index (χ3n) is 4.79. The van der Waals surface area contributed by atoms with Gasteiger partial charge < -0.3 is 0 Å². The summed E-state index contributed by atoms with van der Waals surface area (Å²) in [5.74, 6) is 0. The number of rotatable bonds is 7. The molecule has 2 aromatic heterocycles. The van der Waals surface area contributed by atoms with Crippen LogP contribution in [-0.4, -0.2) is 21.4 Å². The molecular weight excluding hydrogens is 330 g/mol. The number of pyridine rings is 2. The SMILES string of the molecule is c1ccc(CCN(Cc2ccncc2)Cc2ccc3ncccc3c2)cc1. The molecule has 0 atom stereocenters. The molecule has 0 bridgehead atoms. The van der Waals surface area contributed by atoms with E-state index in [1.54, 1.807) is 0 Å². The topological polar surface area (TPSA) is 29.0 Å². The fraction of sp³-hybridized carbons (Fsp3) is 0.167. The number of benzene rings is 2. The highest BCUT2D eigenvalue weighted by Gasteiger charge is 2.09. The molecule has 4 rings (SSSR count). The molecule has 0 saturated carbocycles. The fourth-order valence-electron chi connectivity index (χ4n) is 3.37. The molecule has 0 radical (unpaired) electrons. The first-order valence-electron chi connectivity index (χ1n) is 9.36. The zero-order valence-electron chi connectivity index (χ0n) is 15.3. The smallest absolute Gasteiger partial charge is 0.0702 e. The average molecular weight is 353 g/mol. The van der Waals surface area contributed by atoms with Gasteiger partial charge in [0.1, 0.15) is 0 Å². The van der Waals surface area contributed by atoms with Gasteiger partial charge in [0.2, 0.25) is 0 Å². The molecular formula is C24H23N3. The van der Waals surface area contributed by atoms with E-state index in [1.165, 1.54) is 22.1 Å². The molecule has 0 fully saturated rings. The molecule has 2 heterocycles. The highest BCUT2D eigenvalue weighted by atomic mass is 15.1. The Morgan fingerprint density at radius 1 is 0.667 bits per heavy atom. The van der Waals surface area contributed by atoms with Crippen molar-refractivity contribution in [3.63, 3.8) is 0 Å². The number of nitrogens with zero attached hydrogens (tertiary/aromatic N) is 3. The van der Waals surface area contributed by atoms with Crippen LogP contribution in [0.15, 0.2) is 91.4 Å². The first-order chi connectivity index (χ1) is 13.4. The normalized spacial score (nSPS) is 11.1. The van der Waals surface area contributed by atoms with Crippen LogP contribution in [0.1, 0.15) is 16.7 Å².